The smallest absolute Gasteiger partial charge is 0.271 e. The number of carbonyl (C=O) groups is 1. The van der Waals surface area contributed by atoms with Gasteiger partial charge in [-0.15, -0.1) is 11.3 Å². The van der Waals surface area contributed by atoms with Crippen molar-refractivity contribution in [1.82, 2.24) is 10.1 Å². The van der Waals surface area contributed by atoms with Crippen molar-refractivity contribution in [3.63, 3.8) is 0 Å². The van der Waals surface area contributed by atoms with Crippen molar-refractivity contribution in [3.05, 3.63) is 39.4 Å². The quantitative estimate of drug-likeness (QED) is 0.895. The third-order valence-electron chi connectivity index (χ3n) is 5.16. The Bertz CT molecular complexity index is 685. The molecule has 1 unspecified atom stereocenters. The van der Waals surface area contributed by atoms with Crippen molar-refractivity contribution in [3.8, 4) is 0 Å². The van der Waals surface area contributed by atoms with E-state index in [9.17, 15) is 4.79 Å². The molecule has 1 aliphatic rings. The molecule has 0 radical (unpaired) electrons. The molecule has 2 aromatic heterocycles. The lowest BCUT2D eigenvalue weighted by Gasteiger charge is -2.36. The van der Waals surface area contributed by atoms with Crippen LogP contribution in [-0.2, 0) is 0 Å². The molecule has 1 aliphatic carbocycles. The molecule has 0 aliphatic heterocycles. The number of rotatable bonds is 5. The maximum Gasteiger partial charge on any atom is 0.271 e. The average molecular weight is 347 g/mol. The van der Waals surface area contributed by atoms with E-state index in [2.05, 4.69) is 41.7 Å². The summed E-state index contributed by atoms with van der Waals surface area (Å²) < 4.78 is 5.22. The number of aryl methyl sites for hydroxylation is 1. The summed E-state index contributed by atoms with van der Waals surface area (Å²) in [5.41, 5.74) is 6.69. The van der Waals surface area contributed by atoms with E-state index in [1.54, 1.807) is 0 Å². The minimum Gasteiger partial charge on any atom is -0.364 e. The molecule has 1 saturated carbocycles. The Balaban J connectivity index is 1.74. The number of carbonyl (C=O) groups excluding carboxylic acids is 1. The summed E-state index contributed by atoms with van der Waals surface area (Å²) in [4.78, 5) is 15.4. The molecule has 0 aromatic carbocycles. The van der Waals surface area contributed by atoms with Crippen LogP contribution in [0.4, 0.5) is 0 Å². The predicted molar refractivity (Wildman–Crippen MR) is 95.2 cm³/mol. The van der Waals surface area contributed by atoms with Gasteiger partial charge in [0.15, 0.2) is 5.69 Å². The Morgan fingerprint density at radius 2 is 2.08 bits per heavy atom. The fraction of sp³-hybridized carbons (Fsp3) is 0.556. The summed E-state index contributed by atoms with van der Waals surface area (Å²) in [6.45, 7) is 1.87. The first-order valence-corrected chi connectivity index (χ1v) is 9.32. The fourth-order valence-electron chi connectivity index (χ4n) is 4.13. The number of amides is 1. The van der Waals surface area contributed by atoms with Crippen molar-refractivity contribution in [1.29, 1.82) is 0 Å². The third kappa shape index (κ3) is 3.26. The van der Waals surface area contributed by atoms with Gasteiger partial charge in [-0.1, -0.05) is 11.2 Å². The van der Waals surface area contributed by atoms with Crippen molar-refractivity contribution in [2.75, 3.05) is 14.1 Å². The number of nitrogens with zero attached hydrogens (tertiary/aromatic N) is 2. The number of primary amides is 1. The Labute approximate surface area is 146 Å². The molecule has 6 heteroatoms. The van der Waals surface area contributed by atoms with Gasteiger partial charge in [0.2, 0.25) is 0 Å². The number of hydrogen-bond donors (Lipinski definition) is 1. The van der Waals surface area contributed by atoms with Crippen LogP contribution in [0.25, 0.3) is 0 Å². The van der Waals surface area contributed by atoms with Gasteiger partial charge in [-0.25, -0.2) is 0 Å². The summed E-state index contributed by atoms with van der Waals surface area (Å²) in [6.07, 6.45) is 4.36. The largest absolute Gasteiger partial charge is 0.364 e. The second kappa shape index (κ2) is 7.07. The van der Waals surface area contributed by atoms with E-state index in [0.717, 1.165) is 37.0 Å². The van der Waals surface area contributed by atoms with Gasteiger partial charge in [-0.2, -0.15) is 0 Å². The van der Waals surface area contributed by atoms with Gasteiger partial charge < -0.3 is 15.2 Å². The first kappa shape index (κ1) is 17.2. The first-order chi connectivity index (χ1) is 11.5. The van der Waals surface area contributed by atoms with Crippen LogP contribution < -0.4 is 5.73 Å². The molecule has 2 N–H and O–H groups in total. The summed E-state index contributed by atoms with van der Waals surface area (Å²) in [6, 6.07) is 4.82. The van der Waals surface area contributed by atoms with E-state index in [0.29, 0.717) is 23.6 Å². The Kier molecular flexibility index (Phi) is 5.06. The molecule has 0 saturated heterocycles. The second-order valence-corrected chi connectivity index (χ2v) is 7.88. The molecule has 1 amide bonds. The van der Waals surface area contributed by atoms with Crippen LogP contribution in [0.5, 0.6) is 0 Å². The molecule has 1 fully saturated rings. The van der Waals surface area contributed by atoms with Crippen molar-refractivity contribution < 1.29 is 9.32 Å². The standard InChI is InChI=1S/C18H25N3O2S/c1-11-15(16(18(19)22)20-23-11)12-6-8-13(9-7-12)17(21(2)3)14-5-4-10-24-14/h4-5,10,12-13,17H,6-9H2,1-3H3,(H2,19,22). The lowest BCUT2D eigenvalue weighted by Crippen LogP contribution is -2.30. The predicted octanol–water partition coefficient (Wildman–Crippen LogP) is 3.72. The molecule has 2 heterocycles. The molecule has 5 nitrogen and oxygen atoms in total. The zero-order valence-corrected chi connectivity index (χ0v) is 15.3. The Morgan fingerprint density at radius 1 is 1.38 bits per heavy atom. The summed E-state index contributed by atoms with van der Waals surface area (Å²) >= 11 is 1.83. The van der Waals surface area contributed by atoms with Crippen LogP contribution in [0.2, 0.25) is 0 Å². The molecule has 24 heavy (non-hydrogen) atoms. The zero-order valence-electron chi connectivity index (χ0n) is 14.5. The third-order valence-corrected chi connectivity index (χ3v) is 6.10. The van der Waals surface area contributed by atoms with Crippen LogP contribution in [0.1, 0.15) is 64.3 Å². The summed E-state index contributed by atoms with van der Waals surface area (Å²) in [5.74, 6) is 1.19. The van der Waals surface area contributed by atoms with E-state index < -0.39 is 5.91 Å². The molecule has 130 valence electrons. The van der Waals surface area contributed by atoms with Crippen LogP contribution in [0, 0.1) is 12.8 Å². The zero-order chi connectivity index (χ0) is 17.3. The topological polar surface area (TPSA) is 72.4 Å². The molecule has 0 spiro atoms. The van der Waals surface area contributed by atoms with Crippen LogP contribution >= 0.6 is 11.3 Å². The molecule has 0 bridgehead atoms. The highest BCUT2D eigenvalue weighted by Crippen LogP contribution is 2.44. The normalized spacial score (nSPS) is 22.7. The highest BCUT2D eigenvalue weighted by atomic mass is 32.1. The molecular formula is C18H25N3O2S. The van der Waals surface area contributed by atoms with Crippen molar-refractivity contribution >= 4 is 17.2 Å². The van der Waals surface area contributed by atoms with Gasteiger partial charge in [-0.3, -0.25) is 4.79 Å². The maximum absolute atomic E-state index is 11.6. The van der Waals surface area contributed by atoms with Gasteiger partial charge in [0.25, 0.3) is 5.91 Å². The minimum atomic E-state index is -0.492. The van der Waals surface area contributed by atoms with Crippen molar-refractivity contribution in [2.24, 2.45) is 11.7 Å². The Morgan fingerprint density at radius 3 is 2.62 bits per heavy atom. The van der Waals surface area contributed by atoms with Crippen LogP contribution in [0.15, 0.2) is 22.0 Å². The van der Waals surface area contributed by atoms with Crippen LogP contribution in [-0.4, -0.2) is 30.1 Å². The fourth-order valence-corrected chi connectivity index (χ4v) is 5.14. The summed E-state index contributed by atoms with van der Waals surface area (Å²) in [5, 5.41) is 6.01. The average Bonchev–Trinajstić information content (AvgIpc) is 3.18. The van der Waals surface area contributed by atoms with Gasteiger partial charge in [0, 0.05) is 16.5 Å². The lowest BCUT2D eigenvalue weighted by molar-refractivity contribution is 0.0989. The maximum atomic E-state index is 11.6. The van der Waals surface area contributed by atoms with Crippen LogP contribution in [0.3, 0.4) is 0 Å². The highest BCUT2D eigenvalue weighted by Gasteiger charge is 2.34. The lowest BCUT2D eigenvalue weighted by atomic mass is 9.75. The molecule has 2 aromatic rings. The van der Waals surface area contributed by atoms with Gasteiger partial charge >= 0.3 is 0 Å². The SMILES string of the molecule is Cc1onc(C(N)=O)c1C1CCC(C(c2cccs2)N(C)C)CC1. The monoisotopic (exact) mass is 347 g/mol. The second-order valence-electron chi connectivity index (χ2n) is 6.90. The van der Waals surface area contributed by atoms with E-state index >= 15 is 0 Å². The van der Waals surface area contributed by atoms with E-state index in [4.69, 9.17) is 10.3 Å². The van der Waals surface area contributed by atoms with Crippen molar-refractivity contribution in [2.45, 2.75) is 44.6 Å². The molecular weight excluding hydrogens is 322 g/mol. The van der Waals surface area contributed by atoms with Gasteiger partial charge in [0.1, 0.15) is 5.76 Å². The first-order valence-electron chi connectivity index (χ1n) is 8.44. The van der Waals surface area contributed by atoms with E-state index in [1.807, 2.05) is 18.3 Å². The highest BCUT2D eigenvalue weighted by molar-refractivity contribution is 7.10. The van der Waals surface area contributed by atoms with Gasteiger partial charge in [0.05, 0.1) is 0 Å². The Hall–Kier alpha value is -1.66. The summed E-state index contributed by atoms with van der Waals surface area (Å²) in [7, 11) is 4.32. The van der Waals surface area contributed by atoms with Gasteiger partial charge in [-0.05, 0) is 70.0 Å². The van der Waals surface area contributed by atoms with E-state index in [1.165, 1.54) is 4.88 Å². The minimum absolute atomic E-state index is 0.318. The number of hydrogen-bond acceptors (Lipinski definition) is 5. The number of thiophene rings is 1. The molecule has 3 rings (SSSR count). The number of nitrogens with two attached hydrogens (primary N) is 1. The molecule has 1 atom stereocenters. The number of aromatic nitrogens is 1. The van der Waals surface area contributed by atoms with E-state index in [-0.39, 0.29) is 0 Å².